The molecule has 7 heteroatoms. The first-order chi connectivity index (χ1) is 13.0. The van der Waals surface area contributed by atoms with E-state index >= 15 is 0 Å². The largest absolute Gasteiger partial charge is 0.372 e. The van der Waals surface area contributed by atoms with Crippen LogP contribution in [0.2, 0.25) is 0 Å². The van der Waals surface area contributed by atoms with Crippen molar-refractivity contribution in [1.82, 2.24) is 9.38 Å². The Labute approximate surface area is 154 Å². The van der Waals surface area contributed by atoms with Crippen LogP contribution in [0, 0.1) is 10.1 Å². The monoisotopic (exact) mass is 362 g/mol. The number of nitrogens with zero attached hydrogens (tertiary/aromatic N) is 4. The second-order valence-corrected chi connectivity index (χ2v) is 6.32. The van der Waals surface area contributed by atoms with E-state index in [1.807, 2.05) is 24.3 Å². The van der Waals surface area contributed by atoms with E-state index in [1.165, 1.54) is 22.6 Å². The molecule has 2 heterocycles. The standard InChI is InChI=1S/C20H18N4O3/c1-3-22(4-2)14-7-5-13-6-10-19-21-17-9-8-15(24(26)27)11-16(17)20(25)23(19)18(13)12-14/h5-12H,3-4H2,1-2H3. The maximum absolute atomic E-state index is 13.2. The van der Waals surface area contributed by atoms with Gasteiger partial charge in [-0.25, -0.2) is 4.98 Å². The molecule has 0 fully saturated rings. The molecule has 2 aromatic carbocycles. The van der Waals surface area contributed by atoms with Crippen LogP contribution >= 0.6 is 0 Å². The van der Waals surface area contributed by atoms with Gasteiger partial charge in [-0.2, -0.15) is 0 Å². The molecule has 0 N–H and O–H groups in total. The highest BCUT2D eigenvalue weighted by molar-refractivity contribution is 5.88. The first-order valence-electron chi connectivity index (χ1n) is 8.82. The van der Waals surface area contributed by atoms with E-state index in [0.29, 0.717) is 11.2 Å². The van der Waals surface area contributed by atoms with Gasteiger partial charge < -0.3 is 4.90 Å². The molecule has 2 aromatic heterocycles. The Morgan fingerprint density at radius 2 is 1.81 bits per heavy atom. The zero-order valence-corrected chi connectivity index (χ0v) is 15.0. The molecule has 0 amide bonds. The molecule has 0 unspecified atom stereocenters. The molecule has 136 valence electrons. The van der Waals surface area contributed by atoms with E-state index in [9.17, 15) is 14.9 Å². The zero-order chi connectivity index (χ0) is 19.1. The Hall–Kier alpha value is -3.48. The van der Waals surface area contributed by atoms with Crippen LogP contribution in [0.4, 0.5) is 11.4 Å². The van der Waals surface area contributed by atoms with Gasteiger partial charge in [0.15, 0.2) is 0 Å². The van der Waals surface area contributed by atoms with Crippen molar-refractivity contribution in [1.29, 1.82) is 0 Å². The minimum Gasteiger partial charge on any atom is -0.372 e. The van der Waals surface area contributed by atoms with E-state index in [-0.39, 0.29) is 16.6 Å². The molecular weight excluding hydrogens is 344 g/mol. The number of nitro benzene ring substituents is 1. The van der Waals surface area contributed by atoms with E-state index in [1.54, 1.807) is 6.07 Å². The van der Waals surface area contributed by atoms with Crippen molar-refractivity contribution in [3.8, 4) is 0 Å². The lowest BCUT2D eigenvalue weighted by molar-refractivity contribution is -0.384. The van der Waals surface area contributed by atoms with Crippen molar-refractivity contribution in [2.24, 2.45) is 0 Å². The van der Waals surface area contributed by atoms with Crippen LogP contribution in [0.15, 0.2) is 53.3 Å². The van der Waals surface area contributed by atoms with Gasteiger partial charge in [0.05, 0.1) is 21.3 Å². The fourth-order valence-electron chi connectivity index (χ4n) is 3.47. The topological polar surface area (TPSA) is 80.8 Å². The Morgan fingerprint density at radius 3 is 2.52 bits per heavy atom. The lowest BCUT2D eigenvalue weighted by Crippen LogP contribution is -2.22. The van der Waals surface area contributed by atoms with Crippen molar-refractivity contribution in [3.05, 3.63) is 69.0 Å². The van der Waals surface area contributed by atoms with Gasteiger partial charge in [-0.1, -0.05) is 6.07 Å². The summed E-state index contributed by atoms with van der Waals surface area (Å²) in [6.45, 7) is 5.87. The van der Waals surface area contributed by atoms with Crippen LogP contribution in [0.25, 0.3) is 27.5 Å². The van der Waals surface area contributed by atoms with E-state index in [4.69, 9.17) is 0 Å². The third-order valence-electron chi connectivity index (χ3n) is 4.88. The fraction of sp³-hybridized carbons (Fsp3) is 0.200. The number of nitro groups is 1. The summed E-state index contributed by atoms with van der Waals surface area (Å²) >= 11 is 0. The molecule has 0 bridgehead atoms. The summed E-state index contributed by atoms with van der Waals surface area (Å²) in [5.74, 6) is 0. The van der Waals surface area contributed by atoms with Gasteiger partial charge in [0, 0.05) is 30.9 Å². The van der Waals surface area contributed by atoms with Crippen molar-refractivity contribution in [2.45, 2.75) is 13.8 Å². The predicted octanol–water partition coefficient (Wildman–Crippen LogP) is 3.76. The van der Waals surface area contributed by atoms with Gasteiger partial charge in [-0.3, -0.25) is 19.3 Å². The molecule has 4 rings (SSSR count). The smallest absolute Gasteiger partial charge is 0.270 e. The predicted molar refractivity (Wildman–Crippen MR) is 107 cm³/mol. The van der Waals surface area contributed by atoms with Gasteiger partial charge in [-0.15, -0.1) is 0 Å². The molecule has 4 aromatic rings. The van der Waals surface area contributed by atoms with Gasteiger partial charge in [-0.05, 0) is 49.6 Å². The van der Waals surface area contributed by atoms with Gasteiger partial charge in [0.2, 0.25) is 0 Å². The fourth-order valence-corrected chi connectivity index (χ4v) is 3.47. The average molecular weight is 362 g/mol. The molecule has 7 nitrogen and oxygen atoms in total. The van der Waals surface area contributed by atoms with Crippen LogP contribution in [0.1, 0.15) is 13.8 Å². The van der Waals surface area contributed by atoms with Crippen molar-refractivity contribution in [3.63, 3.8) is 0 Å². The number of pyridine rings is 1. The van der Waals surface area contributed by atoms with Crippen LogP contribution in [-0.4, -0.2) is 27.4 Å². The highest BCUT2D eigenvalue weighted by Crippen LogP contribution is 2.24. The maximum Gasteiger partial charge on any atom is 0.270 e. The lowest BCUT2D eigenvalue weighted by Gasteiger charge is -2.21. The number of non-ortho nitro benzene ring substituents is 1. The minimum absolute atomic E-state index is 0.120. The van der Waals surface area contributed by atoms with E-state index < -0.39 is 4.92 Å². The number of aromatic nitrogens is 2. The van der Waals surface area contributed by atoms with Crippen LogP contribution < -0.4 is 10.5 Å². The number of fused-ring (bicyclic) bond motifs is 4. The first-order valence-corrected chi connectivity index (χ1v) is 8.82. The molecule has 0 aliphatic heterocycles. The molecule has 0 saturated carbocycles. The molecule has 27 heavy (non-hydrogen) atoms. The molecular formula is C20H18N4O3. The number of rotatable bonds is 4. The van der Waals surface area contributed by atoms with Crippen LogP contribution in [-0.2, 0) is 0 Å². The summed E-state index contributed by atoms with van der Waals surface area (Å²) in [7, 11) is 0. The third-order valence-corrected chi connectivity index (χ3v) is 4.88. The highest BCUT2D eigenvalue weighted by Gasteiger charge is 2.14. The summed E-state index contributed by atoms with van der Waals surface area (Å²) in [5.41, 5.74) is 2.30. The zero-order valence-electron chi connectivity index (χ0n) is 15.0. The number of benzene rings is 2. The van der Waals surface area contributed by atoms with Gasteiger partial charge in [0.25, 0.3) is 11.2 Å². The van der Waals surface area contributed by atoms with E-state index in [2.05, 4.69) is 23.7 Å². The molecule has 0 spiro atoms. The van der Waals surface area contributed by atoms with Gasteiger partial charge in [0.1, 0.15) is 5.65 Å². The summed E-state index contributed by atoms with van der Waals surface area (Å²) in [6.07, 6.45) is 0. The molecule has 0 aliphatic carbocycles. The SMILES string of the molecule is CCN(CC)c1ccc2ccc3nc4ccc([N+](=O)[O-])cc4c(=O)n3c2c1. The molecule has 0 aliphatic rings. The normalized spacial score (nSPS) is 11.3. The van der Waals surface area contributed by atoms with E-state index in [0.717, 1.165) is 29.7 Å². The maximum atomic E-state index is 13.2. The molecule has 0 radical (unpaired) electrons. The first kappa shape index (κ1) is 17.0. The lowest BCUT2D eigenvalue weighted by atomic mass is 10.1. The summed E-state index contributed by atoms with van der Waals surface area (Å²) in [4.78, 5) is 30.5. The summed E-state index contributed by atoms with van der Waals surface area (Å²) < 4.78 is 1.54. The minimum atomic E-state index is -0.505. The average Bonchev–Trinajstić information content (AvgIpc) is 2.68. The second kappa shape index (κ2) is 6.35. The molecule has 0 atom stereocenters. The van der Waals surface area contributed by atoms with Gasteiger partial charge >= 0.3 is 0 Å². The van der Waals surface area contributed by atoms with Crippen molar-refractivity contribution >= 4 is 38.8 Å². The highest BCUT2D eigenvalue weighted by atomic mass is 16.6. The Morgan fingerprint density at radius 1 is 1.07 bits per heavy atom. The van der Waals surface area contributed by atoms with Crippen LogP contribution in [0.3, 0.4) is 0 Å². The van der Waals surface area contributed by atoms with Crippen molar-refractivity contribution in [2.75, 3.05) is 18.0 Å². The summed E-state index contributed by atoms with van der Waals surface area (Å²) in [6, 6.07) is 13.9. The number of hydrogen-bond donors (Lipinski definition) is 0. The quantitative estimate of drug-likeness (QED) is 0.239. The Bertz CT molecular complexity index is 1260. The number of anilines is 1. The van der Waals surface area contributed by atoms with Crippen molar-refractivity contribution < 1.29 is 4.92 Å². The number of hydrogen-bond acceptors (Lipinski definition) is 5. The second-order valence-electron chi connectivity index (χ2n) is 6.32. The third kappa shape index (κ3) is 2.68. The van der Waals surface area contributed by atoms with Crippen LogP contribution in [0.5, 0.6) is 0 Å². The summed E-state index contributed by atoms with van der Waals surface area (Å²) in [5, 5.41) is 12.2. The molecule has 0 saturated heterocycles. The Kier molecular flexibility index (Phi) is 3.99. The Balaban J connectivity index is 2.11.